The Kier molecular flexibility index (Phi) is 4.60. The highest BCUT2D eigenvalue weighted by molar-refractivity contribution is 8.08. The van der Waals surface area contributed by atoms with Crippen molar-refractivity contribution in [3.63, 3.8) is 0 Å². The summed E-state index contributed by atoms with van der Waals surface area (Å²) < 4.78 is 0. The fourth-order valence-electron chi connectivity index (χ4n) is 1.49. The maximum absolute atomic E-state index is 10.7. The standard InChI is InChI=1S/C14H10ClNO2S/c15-12-6-8-13(9-7-12)19-14(10-16(17)18)11-4-2-1-3-5-11/h1-10H. The first-order chi connectivity index (χ1) is 9.15. The Hall–Kier alpha value is -1.78. The van der Waals surface area contributed by atoms with Gasteiger partial charge in [-0.1, -0.05) is 53.7 Å². The minimum Gasteiger partial charge on any atom is -0.259 e. The lowest BCUT2D eigenvalue weighted by Crippen LogP contribution is -1.88. The molecule has 0 amide bonds. The molecule has 0 saturated heterocycles. The number of hydrogen-bond acceptors (Lipinski definition) is 3. The van der Waals surface area contributed by atoms with E-state index in [0.29, 0.717) is 9.93 Å². The number of benzene rings is 2. The van der Waals surface area contributed by atoms with Gasteiger partial charge >= 0.3 is 0 Å². The molecule has 0 N–H and O–H groups in total. The number of thioether (sulfide) groups is 1. The lowest BCUT2D eigenvalue weighted by molar-refractivity contribution is -0.401. The Morgan fingerprint density at radius 3 is 2.32 bits per heavy atom. The average Bonchev–Trinajstić information content (AvgIpc) is 2.41. The molecular formula is C14H10ClNO2S. The molecule has 2 rings (SSSR count). The predicted molar refractivity (Wildman–Crippen MR) is 78.7 cm³/mol. The van der Waals surface area contributed by atoms with Gasteiger partial charge in [-0.05, 0) is 29.8 Å². The predicted octanol–water partition coefficient (Wildman–Crippen LogP) is 4.71. The van der Waals surface area contributed by atoms with Crippen molar-refractivity contribution in [2.45, 2.75) is 4.90 Å². The molecule has 0 fully saturated rings. The molecule has 0 heterocycles. The fourth-order valence-corrected chi connectivity index (χ4v) is 2.53. The van der Waals surface area contributed by atoms with Gasteiger partial charge in [0.25, 0.3) is 0 Å². The van der Waals surface area contributed by atoms with Gasteiger partial charge in [-0.2, -0.15) is 0 Å². The van der Waals surface area contributed by atoms with Crippen LogP contribution in [0.3, 0.4) is 0 Å². The second-order valence-electron chi connectivity index (χ2n) is 3.70. The highest BCUT2D eigenvalue weighted by atomic mass is 35.5. The maximum atomic E-state index is 10.7. The quantitative estimate of drug-likeness (QED) is 0.465. The summed E-state index contributed by atoms with van der Waals surface area (Å²) in [6, 6.07) is 16.5. The molecule has 0 aromatic heterocycles. The summed E-state index contributed by atoms with van der Waals surface area (Å²) >= 11 is 7.16. The van der Waals surface area contributed by atoms with Crippen molar-refractivity contribution >= 4 is 28.3 Å². The van der Waals surface area contributed by atoms with E-state index in [1.165, 1.54) is 11.8 Å². The van der Waals surface area contributed by atoms with Gasteiger partial charge in [-0.3, -0.25) is 10.1 Å². The van der Waals surface area contributed by atoms with Crippen LogP contribution < -0.4 is 0 Å². The Bertz CT molecular complexity index is 597. The molecule has 0 aliphatic rings. The molecule has 96 valence electrons. The van der Waals surface area contributed by atoms with Crippen molar-refractivity contribution in [2.24, 2.45) is 0 Å². The average molecular weight is 292 g/mol. The zero-order valence-electron chi connectivity index (χ0n) is 9.82. The summed E-state index contributed by atoms with van der Waals surface area (Å²) in [4.78, 5) is 11.8. The summed E-state index contributed by atoms with van der Waals surface area (Å²) in [5.41, 5.74) is 0.819. The first-order valence-electron chi connectivity index (χ1n) is 5.49. The van der Waals surface area contributed by atoms with Crippen LogP contribution in [0.4, 0.5) is 0 Å². The number of halogens is 1. The Balaban J connectivity index is 2.30. The van der Waals surface area contributed by atoms with E-state index in [4.69, 9.17) is 11.6 Å². The number of rotatable bonds is 4. The van der Waals surface area contributed by atoms with Crippen molar-refractivity contribution in [1.29, 1.82) is 0 Å². The van der Waals surface area contributed by atoms with Crippen molar-refractivity contribution in [3.8, 4) is 0 Å². The molecule has 0 aliphatic heterocycles. The number of nitrogens with zero attached hydrogens (tertiary/aromatic N) is 1. The summed E-state index contributed by atoms with van der Waals surface area (Å²) in [6.07, 6.45) is 1.02. The van der Waals surface area contributed by atoms with Crippen molar-refractivity contribution < 1.29 is 4.92 Å². The van der Waals surface area contributed by atoms with E-state index in [1.807, 2.05) is 42.5 Å². The van der Waals surface area contributed by atoms with E-state index >= 15 is 0 Å². The zero-order chi connectivity index (χ0) is 13.7. The van der Waals surface area contributed by atoms with Gasteiger partial charge in [0.1, 0.15) is 0 Å². The van der Waals surface area contributed by atoms with Crippen LogP contribution in [0.15, 0.2) is 65.7 Å². The van der Waals surface area contributed by atoms with Gasteiger partial charge in [0.2, 0.25) is 6.20 Å². The minimum absolute atomic E-state index is 0.439. The summed E-state index contributed by atoms with van der Waals surface area (Å²) in [5.74, 6) is 0. The van der Waals surface area contributed by atoms with Crippen LogP contribution in [0.25, 0.3) is 4.91 Å². The second kappa shape index (κ2) is 6.41. The number of hydrogen-bond donors (Lipinski definition) is 0. The largest absolute Gasteiger partial charge is 0.259 e. The molecule has 19 heavy (non-hydrogen) atoms. The van der Waals surface area contributed by atoms with Crippen LogP contribution in [0.5, 0.6) is 0 Å². The van der Waals surface area contributed by atoms with Crippen LogP contribution in [-0.2, 0) is 0 Å². The highest BCUT2D eigenvalue weighted by Crippen LogP contribution is 2.34. The molecule has 0 unspecified atom stereocenters. The SMILES string of the molecule is O=[N+]([O-])C=C(Sc1ccc(Cl)cc1)c1ccccc1. The first kappa shape index (κ1) is 13.6. The highest BCUT2D eigenvalue weighted by Gasteiger charge is 2.08. The molecule has 3 nitrogen and oxygen atoms in total. The Morgan fingerprint density at radius 2 is 1.74 bits per heavy atom. The zero-order valence-corrected chi connectivity index (χ0v) is 11.4. The maximum Gasteiger partial charge on any atom is 0.248 e. The molecule has 0 radical (unpaired) electrons. The smallest absolute Gasteiger partial charge is 0.248 e. The van der Waals surface area contributed by atoms with Crippen LogP contribution in [0.2, 0.25) is 5.02 Å². The molecule has 0 bridgehead atoms. The monoisotopic (exact) mass is 291 g/mol. The topological polar surface area (TPSA) is 43.1 Å². The molecule has 0 atom stereocenters. The van der Waals surface area contributed by atoms with E-state index in [0.717, 1.165) is 16.7 Å². The van der Waals surface area contributed by atoms with Crippen molar-refractivity contribution in [2.75, 3.05) is 0 Å². The Morgan fingerprint density at radius 1 is 1.11 bits per heavy atom. The summed E-state index contributed by atoms with van der Waals surface area (Å²) in [7, 11) is 0. The van der Waals surface area contributed by atoms with Gasteiger partial charge in [0, 0.05) is 9.92 Å². The molecule has 0 saturated carbocycles. The third kappa shape index (κ3) is 4.12. The summed E-state index contributed by atoms with van der Waals surface area (Å²) in [6.45, 7) is 0. The van der Waals surface area contributed by atoms with Gasteiger partial charge in [0.15, 0.2) is 0 Å². The van der Waals surface area contributed by atoms with E-state index in [1.54, 1.807) is 12.1 Å². The molecule has 2 aromatic rings. The summed E-state index contributed by atoms with van der Waals surface area (Å²) in [5, 5.41) is 11.4. The third-order valence-corrected chi connectivity index (χ3v) is 3.64. The van der Waals surface area contributed by atoms with Crippen LogP contribution >= 0.6 is 23.4 Å². The van der Waals surface area contributed by atoms with E-state index < -0.39 is 4.92 Å². The van der Waals surface area contributed by atoms with Crippen LogP contribution in [0, 0.1) is 10.1 Å². The van der Waals surface area contributed by atoms with Gasteiger partial charge in [0.05, 0.1) is 9.83 Å². The normalized spacial score (nSPS) is 11.3. The van der Waals surface area contributed by atoms with Gasteiger partial charge < -0.3 is 0 Å². The molecule has 5 heteroatoms. The van der Waals surface area contributed by atoms with E-state index in [9.17, 15) is 10.1 Å². The molecule has 0 spiro atoms. The van der Waals surface area contributed by atoms with Crippen LogP contribution in [0.1, 0.15) is 5.56 Å². The lowest BCUT2D eigenvalue weighted by Gasteiger charge is -2.05. The van der Waals surface area contributed by atoms with E-state index in [2.05, 4.69) is 0 Å². The first-order valence-corrected chi connectivity index (χ1v) is 6.69. The van der Waals surface area contributed by atoms with Crippen molar-refractivity contribution in [1.82, 2.24) is 0 Å². The third-order valence-electron chi connectivity index (χ3n) is 2.32. The second-order valence-corrected chi connectivity index (χ2v) is 5.25. The fraction of sp³-hybridized carbons (Fsp3) is 0. The molecule has 2 aromatic carbocycles. The number of nitro groups is 1. The van der Waals surface area contributed by atoms with Crippen molar-refractivity contribution in [3.05, 3.63) is 81.5 Å². The van der Waals surface area contributed by atoms with Gasteiger partial charge in [-0.25, -0.2) is 0 Å². The molecule has 0 aliphatic carbocycles. The minimum atomic E-state index is -0.439. The van der Waals surface area contributed by atoms with Gasteiger partial charge in [-0.15, -0.1) is 0 Å². The van der Waals surface area contributed by atoms with E-state index in [-0.39, 0.29) is 0 Å². The Labute approximate surface area is 120 Å². The lowest BCUT2D eigenvalue weighted by atomic mass is 10.2. The molecular weight excluding hydrogens is 282 g/mol. The van der Waals surface area contributed by atoms with Crippen LogP contribution in [-0.4, -0.2) is 4.92 Å².